The summed E-state index contributed by atoms with van der Waals surface area (Å²) in [4.78, 5) is 13.8. The Labute approximate surface area is 118 Å². The van der Waals surface area contributed by atoms with Crippen molar-refractivity contribution in [3.8, 4) is 0 Å². The SMILES string of the molecule is COCCCN(CCOC)C(=O)Nc1ccc(F)cc1. The highest BCUT2D eigenvalue weighted by molar-refractivity contribution is 5.89. The van der Waals surface area contributed by atoms with Gasteiger partial charge < -0.3 is 19.7 Å². The fourth-order valence-corrected chi connectivity index (χ4v) is 1.65. The zero-order valence-electron chi connectivity index (χ0n) is 11.9. The number of nitrogens with zero attached hydrogens (tertiary/aromatic N) is 1. The van der Waals surface area contributed by atoms with E-state index in [1.54, 1.807) is 19.1 Å². The van der Waals surface area contributed by atoms with Gasteiger partial charge in [-0.3, -0.25) is 0 Å². The Morgan fingerprint density at radius 1 is 1.15 bits per heavy atom. The number of anilines is 1. The predicted octanol–water partition coefficient (Wildman–Crippen LogP) is 2.34. The summed E-state index contributed by atoms with van der Waals surface area (Å²) in [6, 6.07) is 5.43. The maximum absolute atomic E-state index is 12.8. The predicted molar refractivity (Wildman–Crippen MR) is 75.4 cm³/mol. The van der Waals surface area contributed by atoms with Crippen molar-refractivity contribution in [2.75, 3.05) is 45.8 Å². The van der Waals surface area contributed by atoms with Crippen LogP contribution in [0.1, 0.15) is 6.42 Å². The monoisotopic (exact) mass is 284 g/mol. The van der Waals surface area contributed by atoms with Crippen LogP contribution in [0.4, 0.5) is 14.9 Å². The van der Waals surface area contributed by atoms with Crippen molar-refractivity contribution in [3.05, 3.63) is 30.1 Å². The molecule has 0 aliphatic heterocycles. The number of hydrogen-bond donors (Lipinski definition) is 1. The maximum Gasteiger partial charge on any atom is 0.321 e. The van der Waals surface area contributed by atoms with Crippen molar-refractivity contribution in [2.24, 2.45) is 0 Å². The number of benzene rings is 1. The molecule has 1 aromatic carbocycles. The maximum atomic E-state index is 12.8. The minimum absolute atomic E-state index is 0.232. The molecule has 112 valence electrons. The van der Waals surface area contributed by atoms with Gasteiger partial charge in [-0.2, -0.15) is 0 Å². The summed E-state index contributed by atoms with van der Waals surface area (Å²) in [6.07, 6.45) is 0.747. The number of amides is 2. The lowest BCUT2D eigenvalue weighted by Gasteiger charge is -2.22. The van der Waals surface area contributed by atoms with Crippen LogP contribution in [-0.2, 0) is 9.47 Å². The molecule has 0 unspecified atom stereocenters. The van der Waals surface area contributed by atoms with Gasteiger partial charge in [-0.25, -0.2) is 9.18 Å². The van der Waals surface area contributed by atoms with E-state index < -0.39 is 0 Å². The summed E-state index contributed by atoms with van der Waals surface area (Å²) >= 11 is 0. The first kappa shape index (κ1) is 16.4. The van der Waals surface area contributed by atoms with Crippen molar-refractivity contribution in [2.45, 2.75) is 6.42 Å². The second-order valence-corrected chi connectivity index (χ2v) is 4.26. The number of nitrogens with one attached hydrogen (secondary N) is 1. The smallest absolute Gasteiger partial charge is 0.321 e. The fraction of sp³-hybridized carbons (Fsp3) is 0.500. The molecule has 0 saturated heterocycles. The van der Waals surface area contributed by atoms with Crippen molar-refractivity contribution >= 4 is 11.7 Å². The van der Waals surface area contributed by atoms with E-state index >= 15 is 0 Å². The third-order valence-electron chi connectivity index (χ3n) is 2.72. The van der Waals surface area contributed by atoms with Crippen LogP contribution in [0.15, 0.2) is 24.3 Å². The molecule has 0 aliphatic carbocycles. The Balaban J connectivity index is 2.54. The molecule has 0 aliphatic rings. The lowest BCUT2D eigenvalue weighted by atomic mass is 10.3. The Hall–Kier alpha value is -1.66. The summed E-state index contributed by atoms with van der Waals surface area (Å²) in [5.41, 5.74) is 0.561. The van der Waals surface area contributed by atoms with Crippen LogP contribution in [0.5, 0.6) is 0 Å². The minimum atomic E-state index is -0.334. The summed E-state index contributed by atoms with van der Waals surface area (Å²) in [6.45, 7) is 2.12. The van der Waals surface area contributed by atoms with E-state index in [-0.39, 0.29) is 11.8 Å². The van der Waals surface area contributed by atoms with Crippen LogP contribution in [-0.4, -0.2) is 51.5 Å². The topological polar surface area (TPSA) is 50.8 Å². The van der Waals surface area contributed by atoms with Gasteiger partial charge in [-0.15, -0.1) is 0 Å². The second kappa shape index (κ2) is 9.28. The molecule has 6 heteroatoms. The average molecular weight is 284 g/mol. The molecule has 0 heterocycles. The van der Waals surface area contributed by atoms with E-state index in [2.05, 4.69) is 5.32 Å². The summed E-state index contributed by atoms with van der Waals surface area (Å²) in [7, 11) is 3.21. The highest BCUT2D eigenvalue weighted by Gasteiger charge is 2.13. The van der Waals surface area contributed by atoms with E-state index in [0.29, 0.717) is 32.0 Å². The van der Waals surface area contributed by atoms with Gasteiger partial charge in [0.25, 0.3) is 0 Å². The van der Waals surface area contributed by atoms with Gasteiger partial charge in [0.15, 0.2) is 0 Å². The Kier molecular flexibility index (Phi) is 7.60. The molecule has 0 aromatic heterocycles. The number of carbonyl (C=O) groups is 1. The molecule has 0 radical (unpaired) electrons. The molecule has 5 nitrogen and oxygen atoms in total. The number of methoxy groups -OCH3 is 2. The van der Waals surface area contributed by atoms with E-state index in [0.717, 1.165) is 6.42 Å². The van der Waals surface area contributed by atoms with Gasteiger partial charge in [-0.1, -0.05) is 0 Å². The zero-order chi connectivity index (χ0) is 14.8. The Bertz CT molecular complexity index is 398. The molecule has 2 amide bonds. The third-order valence-corrected chi connectivity index (χ3v) is 2.72. The van der Waals surface area contributed by atoms with Crippen LogP contribution in [0.3, 0.4) is 0 Å². The fourth-order valence-electron chi connectivity index (χ4n) is 1.65. The van der Waals surface area contributed by atoms with Gasteiger partial charge in [0, 0.05) is 39.6 Å². The van der Waals surface area contributed by atoms with Crippen molar-refractivity contribution < 1.29 is 18.7 Å². The van der Waals surface area contributed by atoms with E-state index in [1.807, 2.05) is 0 Å². The zero-order valence-corrected chi connectivity index (χ0v) is 11.9. The number of urea groups is 1. The first-order valence-electron chi connectivity index (χ1n) is 6.46. The normalized spacial score (nSPS) is 10.3. The van der Waals surface area contributed by atoms with E-state index in [9.17, 15) is 9.18 Å². The Morgan fingerprint density at radius 2 is 1.80 bits per heavy atom. The van der Waals surface area contributed by atoms with Crippen LogP contribution in [0.2, 0.25) is 0 Å². The molecule has 20 heavy (non-hydrogen) atoms. The highest BCUT2D eigenvalue weighted by Crippen LogP contribution is 2.09. The number of carbonyl (C=O) groups excluding carboxylic acids is 1. The lowest BCUT2D eigenvalue weighted by molar-refractivity contribution is 0.143. The molecule has 0 spiro atoms. The first-order valence-corrected chi connectivity index (χ1v) is 6.46. The number of ether oxygens (including phenoxy) is 2. The van der Waals surface area contributed by atoms with E-state index in [4.69, 9.17) is 9.47 Å². The average Bonchev–Trinajstić information content (AvgIpc) is 2.45. The van der Waals surface area contributed by atoms with Crippen LogP contribution >= 0.6 is 0 Å². The Morgan fingerprint density at radius 3 is 2.40 bits per heavy atom. The lowest BCUT2D eigenvalue weighted by Crippen LogP contribution is -2.38. The molecule has 1 rings (SSSR count). The van der Waals surface area contributed by atoms with Crippen molar-refractivity contribution in [1.82, 2.24) is 4.90 Å². The first-order chi connectivity index (χ1) is 9.67. The van der Waals surface area contributed by atoms with Crippen LogP contribution < -0.4 is 5.32 Å². The summed E-state index contributed by atoms with van der Waals surface area (Å²) < 4.78 is 22.8. The quantitative estimate of drug-likeness (QED) is 0.745. The highest BCUT2D eigenvalue weighted by atomic mass is 19.1. The summed E-state index contributed by atoms with van der Waals surface area (Å²) in [5.74, 6) is -0.334. The molecule has 0 atom stereocenters. The van der Waals surface area contributed by atoms with Crippen LogP contribution in [0.25, 0.3) is 0 Å². The van der Waals surface area contributed by atoms with Gasteiger partial charge in [0.05, 0.1) is 6.61 Å². The molecule has 1 aromatic rings. The molecule has 1 N–H and O–H groups in total. The largest absolute Gasteiger partial charge is 0.385 e. The van der Waals surface area contributed by atoms with Crippen molar-refractivity contribution in [1.29, 1.82) is 0 Å². The summed E-state index contributed by atoms with van der Waals surface area (Å²) in [5, 5.41) is 2.73. The van der Waals surface area contributed by atoms with E-state index in [1.165, 1.54) is 24.3 Å². The van der Waals surface area contributed by atoms with Gasteiger partial charge in [0.1, 0.15) is 5.82 Å². The molecular weight excluding hydrogens is 263 g/mol. The second-order valence-electron chi connectivity index (χ2n) is 4.26. The van der Waals surface area contributed by atoms with Gasteiger partial charge >= 0.3 is 6.03 Å². The number of rotatable bonds is 8. The third kappa shape index (κ3) is 5.99. The molecular formula is C14H21FN2O3. The molecule has 0 saturated carbocycles. The van der Waals surface area contributed by atoms with Crippen molar-refractivity contribution in [3.63, 3.8) is 0 Å². The minimum Gasteiger partial charge on any atom is -0.385 e. The molecule has 0 fully saturated rings. The molecule has 0 bridgehead atoms. The number of hydrogen-bond acceptors (Lipinski definition) is 3. The van der Waals surface area contributed by atoms with Gasteiger partial charge in [-0.05, 0) is 30.7 Å². The van der Waals surface area contributed by atoms with Gasteiger partial charge in [0.2, 0.25) is 0 Å². The van der Waals surface area contributed by atoms with Crippen LogP contribution in [0, 0.1) is 5.82 Å². The number of halogens is 1. The standard InChI is InChI=1S/C14H21FN2O3/c1-19-10-3-8-17(9-11-20-2)14(18)16-13-6-4-12(15)5-7-13/h4-7H,3,8-11H2,1-2H3,(H,16,18).